The first-order valence-corrected chi connectivity index (χ1v) is 7.89. The fourth-order valence-electron chi connectivity index (χ4n) is 2.65. The Morgan fingerprint density at radius 2 is 1.70 bits per heavy atom. The summed E-state index contributed by atoms with van der Waals surface area (Å²) in [6, 6.07) is 4.30. The first kappa shape index (κ1) is 14.8. The molecular weight excluding hydrogens is 248 g/mol. The maximum Gasteiger partial charge on any atom is 0.118 e. The van der Waals surface area contributed by atoms with Gasteiger partial charge in [-0.05, 0) is 31.4 Å². The molecule has 0 saturated carbocycles. The number of anilines is 1. The first-order valence-electron chi connectivity index (χ1n) is 7.89. The van der Waals surface area contributed by atoms with Crippen LogP contribution < -0.4 is 4.90 Å². The number of nitrogens with one attached hydrogen (secondary N) is 1. The molecule has 0 saturated heterocycles. The number of aromatic nitrogens is 3. The number of aryl methyl sites for hydroxylation is 1. The van der Waals surface area contributed by atoms with E-state index in [1.807, 2.05) is 0 Å². The summed E-state index contributed by atoms with van der Waals surface area (Å²) in [6.45, 7) is 8.96. The van der Waals surface area contributed by atoms with Gasteiger partial charge < -0.3 is 4.90 Å². The van der Waals surface area contributed by atoms with Gasteiger partial charge in [0.25, 0.3) is 0 Å². The van der Waals surface area contributed by atoms with Crippen molar-refractivity contribution in [3.63, 3.8) is 0 Å². The van der Waals surface area contributed by atoms with Crippen molar-refractivity contribution in [3.8, 4) is 0 Å². The molecule has 1 aromatic carbocycles. The van der Waals surface area contributed by atoms with Crippen LogP contribution in [0.25, 0.3) is 11.0 Å². The molecule has 1 N–H and O–H groups in total. The molecule has 110 valence electrons. The maximum atomic E-state index is 4.33. The SMILES string of the molecule is CCCCN(CCCC)c1ccc2n[nH]nc2c1CC. The van der Waals surface area contributed by atoms with Crippen molar-refractivity contribution >= 4 is 16.7 Å². The van der Waals surface area contributed by atoms with Crippen LogP contribution in [-0.2, 0) is 6.42 Å². The van der Waals surface area contributed by atoms with Crippen LogP contribution in [0.15, 0.2) is 12.1 Å². The molecule has 4 heteroatoms. The lowest BCUT2D eigenvalue weighted by Gasteiger charge is -2.27. The van der Waals surface area contributed by atoms with Crippen molar-refractivity contribution in [2.24, 2.45) is 0 Å². The van der Waals surface area contributed by atoms with Crippen LogP contribution >= 0.6 is 0 Å². The fourth-order valence-corrected chi connectivity index (χ4v) is 2.65. The Morgan fingerprint density at radius 3 is 2.30 bits per heavy atom. The minimum Gasteiger partial charge on any atom is -0.371 e. The van der Waals surface area contributed by atoms with Crippen LogP contribution in [0, 0.1) is 0 Å². The first-order chi connectivity index (χ1) is 9.81. The summed E-state index contributed by atoms with van der Waals surface area (Å²) in [5.74, 6) is 0. The number of aromatic amines is 1. The van der Waals surface area contributed by atoms with Crippen molar-refractivity contribution in [1.29, 1.82) is 0 Å². The second-order valence-electron chi connectivity index (χ2n) is 5.30. The molecular formula is C16H26N4. The molecule has 4 nitrogen and oxygen atoms in total. The van der Waals surface area contributed by atoms with E-state index < -0.39 is 0 Å². The lowest BCUT2D eigenvalue weighted by atomic mass is 10.1. The Kier molecular flexibility index (Phi) is 5.39. The summed E-state index contributed by atoms with van der Waals surface area (Å²) in [7, 11) is 0. The molecule has 0 radical (unpaired) electrons. The lowest BCUT2D eigenvalue weighted by Crippen LogP contribution is -2.26. The van der Waals surface area contributed by atoms with E-state index in [2.05, 4.69) is 53.2 Å². The van der Waals surface area contributed by atoms with Crippen LogP contribution in [-0.4, -0.2) is 28.5 Å². The smallest absolute Gasteiger partial charge is 0.118 e. The predicted octanol–water partition coefficient (Wildman–Crippen LogP) is 3.93. The van der Waals surface area contributed by atoms with E-state index in [1.165, 1.54) is 36.9 Å². The molecule has 0 amide bonds. The Morgan fingerprint density at radius 1 is 1.00 bits per heavy atom. The topological polar surface area (TPSA) is 44.8 Å². The third kappa shape index (κ3) is 3.11. The highest BCUT2D eigenvalue weighted by atomic mass is 15.3. The van der Waals surface area contributed by atoms with Gasteiger partial charge in [0.15, 0.2) is 0 Å². The fraction of sp³-hybridized carbons (Fsp3) is 0.625. The molecule has 0 fully saturated rings. The van der Waals surface area contributed by atoms with Crippen molar-refractivity contribution in [2.45, 2.75) is 52.9 Å². The monoisotopic (exact) mass is 274 g/mol. The van der Waals surface area contributed by atoms with E-state index in [-0.39, 0.29) is 0 Å². The zero-order valence-corrected chi connectivity index (χ0v) is 12.9. The Balaban J connectivity index is 2.34. The highest BCUT2D eigenvalue weighted by molar-refractivity contribution is 5.83. The van der Waals surface area contributed by atoms with Gasteiger partial charge in [-0.15, -0.1) is 0 Å². The van der Waals surface area contributed by atoms with Crippen LogP contribution in [0.2, 0.25) is 0 Å². The number of benzene rings is 1. The van der Waals surface area contributed by atoms with Gasteiger partial charge in [-0.25, -0.2) is 0 Å². The Bertz CT molecular complexity index is 524. The van der Waals surface area contributed by atoms with Gasteiger partial charge in [-0.3, -0.25) is 0 Å². The lowest BCUT2D eigenvalue weighted by molar-refractivity contribution is 0.676. The van der Waals surface area contributed by atoms with Crippen molar-refractivity contribution in [2.75, 3.05) is 18.0 Å². The van der Waals surface area contributed by atoms with Crippen LogP contribution in [0.3, 0.4) is 0 Å². The number of hydrogen-bond acceptors (Lipinski definition) is 3. The molecule has 2 aromatic rings. The van der Waals surface area contributed by atoms with Crippen LogP contribution in [0.5, 0.6) is 0 Å². The van der Waals surface area contributed by atoms with E-state index in [0.717, 1.165) is 30.5 Å². The average Bonchev–Trinajstić information content (AvgIpc) is 2.95. The number of fused-ring (bicyclic) bond motifs is 1. The third-order valence-corrected chi connectivity index (χ3v) is 3.83. The minimum absolute atomic E-state index is 0.969. The van der Waals surface area contributed by atoms with Gasteiger partial charge in [0.2, 0.25) is 0 Å². The van der Waals surface area contributed by atoms with E-state index >= 15 is 0 Å². The highest BCUT2D eigenvalue weighted by Gasteiger charge is 2.14. The second kappa shape index (κ2) is 7.27. The van der Waals surface area contributed by atoms with Gasteiger partial charge in [0, 0.05) is 24.3 Å². The third-order valence-electron chi connectivity index (χ3n) is 3.83. The Labute approximate surface area is 121 Å². The van der Waals surface area contributed by atoms with Gasteiger partial charge >= 0.3 is 0 Å². The maximum absolute atomic E-state index is 4.33. The zero-order valence-electron chi connectivity index (χ0n) is 12.9. The summed E-state index contributed by atoms with van der Waals surface area (Å²) < 4.78 is 0. The summed E-state index contributed by atoms with van der Waals surface area (Å²) in [6.07, 6.45) is 5.94. The number of H-pyrrole nitrogens is 1. The number of rotatable bonds is 8. The van der Waals surface area contributed by atoms with Crippen molar-refractivity contribution in [3.05, 3.63) is 17.7 Å². The standard InChI is InChI=1S/C16H26N4/c1-4-7-11-20(12-8-5-2)15-10-9-14-16(13(15)6-3)18-19-17-14/h9-10H,4-8,11-12H2,1-3H3,(H,17,18,19). The summed E-state index contributed by atoms with van der Waals surface area (Å²) in [4.78, 5) is 2.53. The van der Waals surface area contributed by atoms with E-state index in [1.54, 1.807) is 0 Å². The number of hydrogen-bond donors (Lipinski definition) is 1. The predicted molar refractivity (Wildman–Crippen MR) is 85.3 cm³/mol. The molecule has 1 heterocycles. The molecule has 1 aromatic heterocycles. The molecule has 0 aliphatic rings. The van der Waals surface area contributed by atoms with Gasteiger partial charge in [0.05, 0.1) is 0 Å². The average molecular weight is 274 g/mol. The number of nitrogens with zero attached hydrogens (tertiary/aromatic N) is 3. The largest absolute Gasteiger partial charge is 0.371 e. The van der Waals surface area contributed by atoms with Crippen LogP contribution in [0.1, 0.15) is 52.0 Å². The normalized spacial score (nSPS) is 11.2. The molecule has 0 aliphatic heterocycles. The number of unbranched alkanes of at least 4 members (excludes halogenated alkanes) is 2. The van der Waals surface area contributed by atoms with Crippen molar-refractivity contribution < 1.29 is 0 Å². The summed E-state index contributed by atoms with van der Waals surface area (Å²) in [5.41, 5.74) is 4.67. The highest BCUT2D eigenvalue weighted by Crippen LogP contribution is 2.28. The molecule has 0 bridgehead atoms. The molecule has 0 spiro atoms. The van der Waals surface area contributed by atoms with Crippen molar-refractivity contribution in [1.82, 2.24) is 15.4 Å². The quantitative estimate of drug-likeness (QED) is 0.793. The minimum atomic E-state index is 0.969. The van der Waals surface area contributed by atoms with Gasteiger partial charge in [-0.2, -0.15) is 15.4 Å². The van der Waals surface area contributed by atoms with E-state index in [0.29, 0.717) is 0 Å². The summed E-state index contributed by atoms with van der Waals surface area (Å²) in [5, 5.41) is 11.3. The molecule has 0 atom stereocenters. The molecule has 2 rings (SSSR count). The molecule has 20 heavy (non-hydrogen) atoms. The zero-order chi connectivity index (χ0) is 14.4. The van der Waals surface area contributed by atoms with Gasteiger partial charge in [0.1, 0.15) is 11.0 Å². The van der Waals surface area contributed by atoms with Gasteiger partial charge in [-0.1, -0.05) is 33.6 Å². The van der Waals surface area contributed by atoms with E-state index in [4.69, 9.17) is 0 Å². The second-order valence-corrected chi connectivity index (χ2v) is 5.30. The molecule has 0 unspecified atom stereocenters. The molecule has 0 aliphatic carbocycles. The van der Waals surface area contributed by atoms with Crippen LogP contribution in [0.4, 0.5) is 5.69 Å². The Hall–Kier alpha value is -1.58. The van der Waals surface area contributed by atoms with E-state index in [9.17, 15) is 0 Å². The summed E-state index contributed by atoms with van der Waals surface area (Å²) >= 11 is 0.